The first-order valence-corrected chi connectivity index (χ1v) is 9.80. The first kappa shape index (κ1) is 22.8. The lowest BCUT2D eigenvalue weighted by molar-refractivity contribution is -0.868. The van der Waals surface area contributed by atoms with Gasteiger partial charge in [0, 0.05) is 0 Å². The number of ether oxygens (including phenoxy) is 2. The van der Waals surface area contributed by atoms with Gasteiger partial charge in [-0.1, -0.05) is 0 Å². The highest BCUT2D eigenvalue weighted by Crippen LogP contribution is 2.37. The van der Waals surface area contributed by atoms with Gasteiger partial charge in [0.05, 0.1) is 52.0 Å². The van der Waals surface area contributed by atoms with Gasteiger partial charge >= 0.3 is 11.9 Å². The van der Waals surface area contributed by atoms with Crippen LogP contribution in [0, 0.1) is 0 Å². The molecule has 11 heteroatoms. The normalized spacial score (nSPS) is 15.6. The molecule has 0 aromatic heterocycles. The van der Waals surface area contributed by atoms with Crippen LogP contribution in [0.3, 0.4) is 0 Å². The van der Waals surface area contributed by atoms with Crippen molar-refractivity contribution in [2.24, 2.45) is 0 Å². The molecule has 2 unspecified atom stereocenters. The molecule has 0 aromatic rings. The Morgan fingerprint density at radius 2 is 1.70 bits per heavy atom. The molecule has 0 fully saturated rings. The summed E-state index contributed by atoms with van der Waals surface area (Å²) >= 11 is 7.49. The van der Waals surface area contributed by atoms with Crippen LogP contribution >= 0.6 is 32.9 Å². The van der Waals surface area contributed by atoms with Crippen molar-refractivity contribution in [3.63, 3.8) is 0 Å². The van der Waals surface area contributed by atoms with Crippen LogP contribution in [0.15, 0.2) is 0 Å². The molecule has 0 amide bonds. The maximum atomic E-state index is 11.9. The van der Waals surface area contributed by atoms with Gasteiger partial charge in [0.25, 0.3) is 0 Å². The molecule has 0 rings (SSSR count). The van der Waals surface area contributed by atoms with E-state index in [0.29, 0.717) is 11.0 Å². The summed E-state index contributed by atoms with van der Waals surface area (Å²) in [5.41, 5.74) is 0. The van der Waals surface area contributed by atoms with Gasteiger partial charge < -0.3 is 27.9 Å². The van der Waals surface area contributed by atoms with Crippen LogP contribution in [0.25, 0.3) is 0 Å². The van der Waals surface area contributed by atoms with E-state index in [1.807, 2.05) is 21.1 Å². The summed E-state index contributed by atoms with van der Waals surface area (Å²) in [6.07, 6.45) is -1.18. The molecule has 136 valence electrons. The highest BCUT2D eigenvalue weighted by molar-refractivity contribution is 7.81. The highest BCUT2D eigenvalue weighted by atomic mass is 32.1. The van der Waals surface area contributed by atoms with Crippen molar-refractivity contribution < 1.29 is 37.5 Å². The van der Waals surface area contributed by atoms with Gasteiger partial charge in [-0.25, -0.2) is 0 Å². The van der Waals surface area contributed by atoms with Gasteiger partial charge in [-0.2, -0.15) is 25.3 Å². The summed E-state index contributed by atoms with van der Waals surface area (Å²) in [4.78, 5) is 34.2. The van der Waals surface area contributed by atoms with Crippen LogP contribution < -0.4 is 4.89 Å². The molecule has 0 radical (unpaired) electrons. The predicted octanol–water partition coefficient (Wildman–Crippen LogP) is -0.423. The fourth-order valence-electron chi connectivity index (χ4n) is 1.25. The zero-order valence-electron chi connectivity index (χ0n) is 13.5. The number of esters is 2. The minimum atomic E-state index is -4.08. The summed E-state index contributed by atoms with van der Waals surface area (Å²) in [5.74, 6) is -1.61. The molecule has 0 N–H and O–H groups in total. The lowest BCUT2D eigenvalue weighted by Crippen LogP contribution is -2.38. The number of carbonyl (C=O) groups excluding carboxylic acids is 2. The van der Waals surface area contributed by atoms with Crippen LogP contribution in [0.4, 0.5) is 0 Å². The Bertz CT molecular complexity index is 442. The number of hydrogen-bond donors (Lipinski definition) is 2. The average Bonchev–Trinajstić information content (AvgIpc) is 2.46. The predicted molar refractivity (Wildman–Crippen MR) is 89.9 cm³/mol. The summed E-state index contributed by atoms with van der Waals surface area (Å²) in [7, 11) is 1.49. The molecule has 0 heterocycles. The number of carbonyl (C=O) groups is 2. The Morgan fingerprint density at radius 3 is 2.17 bits per heavy atom. The largest absolute Gasteiger partial charge is 0.778 e. The number of hydrogen-bond acceptors (Lipinski definition) is 9. The second kappa shape index (κ2) is 10.6. The van der Waals surface area contributed by atoms with Crippen LogP contribution in [0.2, 0.25) is 0 Å². The Hall–Kier alpha value is -0.250. The van der Waals surface area contributed by atoms with Gasteiger partial charge in [-0.05, 0) is 0 Å². The number of thiol groups is 2. The Morgan fingerprint density at radius 1 is 1.13 bits per heavy atom. The van der Waals surface area contributed by atoms with Crippen LogP contribution in [0.1, 0.15) is 0 Å². The van der Waals surface area contributed by atoms with E-state index in [4.69, 9.17) is 14.0 Å². The van der Waals surface area contributed by atoms with E-state index in [2.05, 4.69) is 25.3 Å². The molecule has 0 saturated carbocycles. The second-order valence-corrected chi connectivity index (χ2v) is 8.31. The molecule has 0 aromatic carbocycles. The van der Waals surface area contributed by atoms with E-state index in [0.717, 1.165) is 0 Å². The molecular formula is C12H24NO7PS2. The van der Waals surface area contributed by atoms with E-state index < -0.39 is 32.2 Å². The quantitative estimate of drug-likeness (QED) is 0.214. The standard InChI is InChI=1S/C12H24NO7PS2/c1-13(2,3)4-5-21(16,17)19-7-10(20-12(15)9-23)6-18-11(14)8-22/h10H,4-9H2,1-3H3,(H2-,16,17,22,23). The fraction of sp³-hybridized carbons (Fsp3) is 0.833. The molecule has 8 nitrogen and oxygen atoms in total. The van der Waals surface area contributed by atoms with Crippen molar-refractivity contribution in [2.75, 3.05) is 58.6 Å². The molecule has 2 atom stereocenters. The Kier molecular flexibility index (Phi) is 10.5. The third kappa shape index (κ3) is 12.8. The van der Waals surface area contributed by atoms with E-state index >= 15 is 0 Å². The highest BCUT2D eigenvalue weighted by Gasteiger charge is 2.21. The zero-order valence-corrected chi connectivity index (χ0v) is 16.1. The lowest BCUT2D eigenvalue weighted by Gasteiger charge is -2.30. The Labute approximate surface area is 147 Å². The smallest absolute Gasteiger partial charge is 0.316 e. The molecular weight excluding hydrogens is 365 g/mol. The molecule has 23 heavy (non-hydrogen) atoms. The maximum absolute atomic E-state index is 11.9. The van der Waals surface area contributed by atoms with Crippen molar-refractivity contribution in [1.82, 2.24) is 0 Å². The van der Waals surface area contributed by atoms with E-state index in [-0.39, 0.29) is 24.3 Å². The van der Waals surface area contributed by atoms with Gasteiger partial charge in [0.1, 0.15) is 14.2 Å². The van der Waals surface area contributed by atoms with E-state index in [1.54, 1.807) is 0 Å². The van der Waals surface area contributed by atoms with E-state index in [1.165, 1.54) is 0 Å². The van der Waals surface area contributed by atoms with Crippen molar-refractivity contribution in [3.8, 4) is 0 Å². The van der Waals surface area contributed by atoms with Crippen molar-refractivity contribution >= 4 is 44.8 Å². The minimum Gasteiger partial charge on any atom is -0.778 e. The summed E-state index contributed by atoms with van der Waals surface area (Å²) in [6, 6.07) is 0. The lowest BCUT2D eigenvalue weighted by atomic mass is 10.4. The Balaban J connectivity index is 4.53. The van der Waals surface area contributed by atoms with Crippen LogP contribution in [-0.4, -0.2) is 81.1 Å². The monoisotopic (exact) mass is 389 g/mol. The third-order valence-corrected chi connectivity index (χ3v) is 4.29. The van der Waals surface area contributed by atoms with Crippen LogP contribution in [-0.2, 0) is 28.2 Å². The molecule has 0 aliphatic heterocycles. The molecule has 0 aliphatic carbocycles. The summed E-state index contributed by atoms with van der Waals surface area (Å²) in [5, 5.41) is 0. The van der Waals surface area contributed by atoms with Crippen molar-refractivity contribution in [3.05, 3.63) is 0 Å². The average molecular weight is 389 g/mol. The topological polar surface area (TPSA) is 102 Å². The summed E-state index contributed by atoms with van der Waals surface area (Å²) in [6.45, 7) is -0.359. The number of quaternary nitrogens is 1. The fourth-order valence-corrected chi connectivity index (χ4v) is 2.79. The van der Waals surface area contributed by atoms with Gasteiger partial charge in [0.15, 0.2) is 6.10 Å². The molecule has 0 aliphatic rings. The summed E-state index contributed by atoms with van der Waals surface area (Å²) < 4.78 is 26.9. The van der Waals surface area contributed by atoms with Crippen LogP contribution in [0.5, 0.6) is 0 Å². The van der Waals surface area contributed by atoms with Crippen molar-refractivity contribution in [2.45, 2.75) is 6.10 Å². The van der Waals surface area contributed by atoms with Gasteiger partial charge in [0.2, 0.25) is 0 Å². The minimum absolute atomic E-state index is 0.141. The van der Waals surface area contributed by atoms with Gasteiger partial charge in [-0.3, -0.25) is 9.59 Å². The van der Waals surface area contributed by atoms with Crippen molar-refractivity contribution in [1.29, 1.82) is 0 Å². The number of rotatable bonds is 11. The molecule has 0 saturated heterocycles. The second-order valence-electron chi connectivity index (χ2n) is 5.76. The first-order valence-electron chi connectivity index (χ1n) is 6.81. The molecule has 0 bridgehead atoms. The third-order valence-electron chi connectivity index (χ3n) is 2.49. The zero-order chi connectivity index (χ0) is 18.1. The SMILES string of the molecule is C[N+](C)(C)CCP(=O)([O-])OCC(COC(=O)CS)OC(=O)CS. The first-order chi connectivity index (χ1) is 10.5. The maximum Gasteiger partial charge on any atom is 0.316 e. The molecule has 0 spiro atoms. The van der Waals surface area contributed by atoms with Gasteiger partial charge in [-0.15, -0.1) is 0 Å². The number of nitrogens with zero attached hydrogens (tertiary/aromatic N) is 1. The van der Waals surface area contributed by atoms with E-state index in [9.17, 15) is 19.0 Å².